The van der Waals surface area contributed by atoms with E-state index in [0.29, 0.717) is 0 Å². The highest BCUT2D eigenvalue weighted by Crippen LogP contribution is 2.29. The maximum absolute atomic E-state index is 3.75. The van der Waals surface area contributed by atoms with E-state index in [2.05, 4.69) is 93.5 Å². The molecule has 0 saturated carbocycles. The number of hydrogen-bond donors (Lipinski definition) is 0. The van der Waals surface area contributed by atoms with E-state index in [9.17, 15) is 0 Å². The molecule has 0 aromatic heterocycles. The molecular formula is C20H17BrMg. The van der Waals surface area contributed by atoms with Gasteiger partial charge in [0.05, 0.1) is 0 Å². The predicted molar refractivity (Wildman–Crippen MR) is 101 cm³/mol. The van der Waals surface area contributed by atoms with Gasteiger partial charge in [-0.3, -0.25) is 12.9 Å². The van der Waals surface area contributed by atoms with Crippen LogP contribution in [0.4, 0.5) is 0 Å². The molecule has 0 heterocycles. The van der Waals surface area contributed by atoms with Crippen LogP contribution in [0.1, 0.15) is 11.1 Å². The lowest BCUT2D eigenvalue weighted by Crippen LogP contribution is -2.09. The van der Waals surface area contributed by atoms with Gasteiger partial charge in [0.2, 0.25) is 0 Å². The predicted octanol–water partition coefficient (Wildman–Crippen LogP) is 5.28. The summed E-state index contributed by atoms with van der Waals surface area (Å²) in [4.78, 5) is 0. The summed E-state index contributed by atoms with van der Waals surface area (Å²) in [5.74, 6) is 0. The molecule has 22 heavy (non-hydrogen) atoms. The van der Waals surface area contributed by atoms with Crippen molar-refractivity contribution < 1.29 is 0 Å². The summed E-state index contributed by atoms with van der Waals surface area (Å²) < 4.78 is 1.44. The van der Waals surface area contributed by atoms with Gasteiger partial charge in [-0.05, 0) is 53.3 Å². The quantitative estimate of drug-likeness (QED) is 0.557. The molecule has 106 valence electrons. The Kier molecular flexibility index (Phi) is 5.02. The molecule has 0 unspecified atom stereocenters. The van der Waals surface area contributed by atoms with Crippen LogP contribution in [0, 0.1) is 13.8 Å². The summed E-state index contributed by atoms with van der Waals surface area (Å²) in [6.45, 7) is 4.36. The number of hydrogen-bond acceptors (Lipinski definition) is 0. The summed E-state index contributed by atoms with van der Waals surface area (Å²) >= 11 is 3.37. The third-order valence-corrected chi connectivity index (χ3v) is 6.72. The number of rotatable bonds is 3. The van der Waals surface area contributed by atoms with E-state index in [0.717, 1.165) is 0 Å². The van der Waals surface area contributed by atoms with E-state index in [-0.39, 0.29) is 18.2 Å². The van der Waals surface area contributed by atoms with Gasteiger partial charge < -0.3 is 0 Å². The van der Waals surface area contributed by atoms with Crippen molar-refractivity contribution >= 4 is 34.8 Å². The lowest BCUT2D eigenvalue weighted by molar-refractivity contribution is 1.44. The van der Waals surface area contributed by atoms with Crippen LogP contribution in [0.25, 0.3) is 22.3 Å². The van der Waals surface area contributed by atoms with Crippen LogP contribution >= 0.6 is 12.9 Å². The third kappa shape index (κ3) is 3.29. The van der Waals surface area contributed by atoms with Crippen molar-refractivity contribution in [3.05, 3.63) is 77.9 Å². The zero-order valence-electron chi connectivity index (χ0n) is 12.9. The molecule has 3 aromatic rings. The fourth-order valence-corrected chi connectivity index (χ4v) is 4.44. The van der Waals surface area contributed by atoms with Crippen molar-refractivity contribution in [2.45, 2.75) is 13.8 Å². The fourth-order valence-electron chi connectivity index (χ4n) is 2.87. The smallest absolute Gasteiger partial charge is 0.296 e. The van der Waals surface area contributed by atoms with Gasteiger partial charge in [0.1, 0.15) is 0 Å². The first-order valence-corrected chi connectivity index (χ1v) is 12.1. The van der Waals surface area contributed by atoms with E-state index < -0.39 is 0 Å². The molecule has 3 aromatic carbocycles. The van der Waals surface area contributed by atoms with Gasteiger partial charge in [-0.1, -0.05) is 60.7 Å². The highest BCUT2D eigenvalue weighted by molar-refractivity contribution is 9.23. The molecule has 0 radical (unpaired) electrons. The van der Waals surface area contributed by atoms with Crippen LogP contribution in [0.5, 0.6) is 0 Å². The molecule has 0 aliphatic rings. The molecule has 0 spiro atoms. The molecule has 0 aliphatic heterocycles. The zero-order chi connectivity index (χ0) is 15.5. The molecular weight excluding hydrogens is 344 g/mol. The first kappa shape index (κ1) is 15.8. The second-order valence-electron chi connectivity index (χ2n) is 5.68. The average molecular weight is 362 g/mol. The van der Waals surface area contributed by atoms with Crippen LogP contribution in [-0.2, 0) is 0 Å². The van der Waals surface area contributed by atoms with Gasteiger partial charge in [0, 0.05) is 0 Å². The van der Waals surface area contributed by atoms with Crippen LogP contribution < -0.4 is 3.69 Å². The van der Waals surface area contributed by atoms with Gasteiger partial charge in [0.15, 0.2) is 0 Å². The Labute approximate surface area is 148 Å². The van der Waals surface area contributed by atoms with Crippen LogP contribution in [0.15, 0.2) is 66.7 Å². The fraction of sp³-hybridized carbons (Fsp3) is 0.100. The lowest BCUT2D eigenvalue weighted by atomic mass is 9.94. The summed E-state index contributed by atoms with van der Waals surface area (Å²) in [5.41, 5.74) is 7.95. The Morgan fingerprint density at radius 3 is 1.55 bits per heavy atom. The molecule has 0 amide bonds. The first-order chi connectivity index (χ1) is 10.7. The largest absolute Gasteiger partial charge is 0.506 e. The zero-order valence-corrected chi connectivity index (χ0v) is 15.9. The topological polar surface area (TPSA) is 0 Å². The van der Waals surface area contributed by atoms with E-state index in [4.69, 9.17) is 0 Å². The maximum Gasteiger partial charge on any atom is 0.506 e. The minimum absolute atomic E-state index is 0.373. The monoisotopic (exact) mass is 360 g/mol. The molecule has 3 rings (SSSR count). The van der Waals surface area contributed by atoms with Gasteiger partial charge in [-0.25, -0.2) is 0 Å². The number of halogens is 1. The number of aryl methyl sites for hydroxylation is 2. The summed E-state index contributed by atoms with van der Waals surface area (Å²) in [6.07, 6.45) is 0. The van der Waals surface area contributed by atoms with Crippen molar-refractivity contribution in [1.82, 2.24) is 0 Å². The van der Waals surface area contributed by atoms with Crippen molar-refractivity contribution in [3.63, 3.8) is 0 Å². The van der Waals surface area contributed by atoms with Crippen LogP contribution in [0.3, 0.4) is 0 Å². The Morgan fingerprint density at radius 2 is 1.14 bits per heavy atom. The molecule has 2 heteroatoms. The van der Waals surface area contributed by atoms with E-state index in [1.807, 2.05) is 0 Å². The minimum Gasteiger partial charge on any atom is -0.296 e. The summed E-state index contributed by atoms with van der Waals surface area (Å²) in [6, 6.07) is 24.2. The highest BCUT2D eigenvalue weighted by atomic mass is 79.9. The lowest BCUT2D eigenvalue weighted by Gasteiger charge is -2.13. The molecule has 0 nitrogen and oxygen atoms in total. The number of benzene rings is 3. The van der Waals surface area contributed by atoms with E-state index in [1.165, 1.54) is 37.1 Å². The second-order valence-corrected chi connectivity index (χ2v) is 8.45. The van der Waals surface area contributed by atoms with Crippen LogP contribution in [-0.4, -0.2) is 18.2 Å². The van der Waals surface area contributed by atoms with Crippen molar-refractivity contribution in [1.29, 1.82) is 0 Å². The molecule has 0 aliphatic carbocycles. The maximum atomic E-state index is 3.75. The average Bonchev–Trinajstić information content (AvgIpc) is 2.55. The van der Waals surface area contributed by atoms with Crippen molar-refractivity contribution in [3.8, 4) is 22.3 Å². The normalized spacial score (nSPS) is 10.3. The highest BCUT2D eigenvalue weighted by Gasteiger charge is 2.08. The molecule has 0 saturated heterocycles. The van der Waals surface area contributed by atoms with E-state index in [1.54, 1.807) is 0 Å². The molecule has 0 atom stereocenters. The molecule has 0 bridgehead atoms. The van der Waals surface area contributed by atoms with Crippen molar-refractivity contribution in [2.75, 3.05) is 0 Å². The standard InChI is InChI=1S/C20H17.BrH.Mg/c1-15-8-3-5-12-19(15)17-10-7-11-18(14-17)20-13-6-4-9-16(20)2;;/h3-6,8-14H,1-2H3;1H;/q;;+1/p-1. The summed E-state index contributed by atoms with van der Waals surface area (Å²) in [5, 5.41) is 0. The van der Waals surface area contributed by atoms with Gasteiger partial charge in [0.25, 0.3) is 0 Å². The molecule has 0 N–H and O–H groups in total. The Bertz CT molecular complexity index is 745. The SMILES string of the molecule is Cc1ccccc1-c1c[c]([Mg][Br])cc(-c2ccccc2C)c1. The van der Waals surface area contributed by atoms with Gasteiger partial charge in [-0.15, -0.1) is 0 Å². The minimum atomic E-state index is -0.373. The third-order valence-electron chi connectivity index (χ3n) is 4.06. The Hall–Kier alpha value is -1.09. The van der Waals surface area contributed by atoms with Gasteiger partial charge in [-0.2, -0.15) is 3.69 Å². The second kappa shape index (κ2) is 6.99. The van der Waals surface area contributed by atoms with Crippen molar-refractivity contribution in [2.24, 2.45) is 0 Å². The Balaban J connectivity index is 2.20. The van der Waals surface area contributed by atoms with Crippen LogP contribution in [0.2, 0.25) is 0 Å². The van der Waals surface area contributed by atoms with E-state index >= 15 is 0 Å². The first-order valence-electron chi connectivity index (χ1n) is 7.51. The molecule has 0 fully saturated rings. The van der Waals surface area contributed by atoms with Gasteiger partial charge >= 0.3 is 18.2 Å². The summed E-state index contributed by atoms with van der Waals surface area (Å²) in [7, 11) is 0. The Morgan fingerprint density at radius 1 is 0.682 bits per heavy atom.